The van der Waals surface area contributed by atoms with Crippen molar-refractivity contribution in [3.8, 4) is 28.0 Å². The van der Waals surface area contributed by atoms with Gasteiger partial charge in [-0.25, -0.2) is 8.78 Å². The summed E-state index contributed by atoms with van der Waals surface area (Å²) in [6.07, 6.45) is 15.9. The maximum Gasteiger partial charge on any atom is 0.167 e. The van der Waals surface area contributed by atoms with Crippen molar-refractivity contribution in [1.29, 1.82) is 0 Å². The van der Waals surface area contributed by atoms with Gasteiger partial charge in [-0.2, -0.15) is 0 Å². The molecule has 0 unspecified atom stereocenters. The molecule has 0 N–H and O–H groups in total. The van der Waals surface area contributed by atoms with Crippen molar-refractivity contribution >= 4 is 0 Å². The van der Waals surface area contributed by atoms with Crippen LogP contribution in [0.2, 0.25) is 0 Å². The minimum atomic E-state index is -0.811. The fraction of sp³-hybridized carbons (Fsp3) is 0.471. The van der Waals surface area contributed by atoms with Gasteiger partial charge in [0.2, 0.25) is 0 Å². The summed E-state index contributed by atoms with van der Waals surface area (Å²) >= 11 is 0. The predicted octanol–water partition coefficient (Wildman–Crippen LogP) is 10.9. The van der Waals surface area contributed by atoms with Crippen LogP contribution >= 0.6 is 0 Å². The number of hydrogen-bond acceptors (Lipinski definition) is 1. The van der Waals surface area contributed by atoms with Crippen molar-refractivity contribution in [3.63, 3.8) is 0 Å². The van der Waals surface area contributed by atoms with Gasteiger partial charge in [0, 0.05) is 11.1 Å². The zero-order valence-electron chi connectivity index (χ0n) is 22.8. The standard InChI is InChI=1S/C34H44F2O/c1-3-5-7-9-11-13-15-27-16-18-28(19-17-27)31-24-25-32(34(36)33(31)35)29-20-22-30(23-21-29)37-26-14-12-10-8-6-4-2/h16-25H,3-15,26H2,1-2H3. The molecule has 0 radical (unpaired) electrons. The van der Waals surface area contributed by atoms with E-state index in [1.807, 2.05) is 36.4 Å². The second-order valence-corrected chi connectivity index (χ2v) is 10.1. The van der Waals surface area contributed by atoms with E-state index >= 15 is 8.78 Å². The Balaban J connectivity index is 1.55. The average molecular weight is 507 g/mol. The molecule has 200 valence electrons. The number of ether oxygens (including phenoxy) is 1. The van der Waals surface area contributed by atoms with Gasteiger partial charge in [0.05, 0.1) is 6.61 Å². The molecule has 0 fully saturated rings. The van der Waals surface area contributed by atoms with Crippen molar-refractivity contribution in [2.75, 3.05) is 6.61 Å². The van der Waals surface area contributed by atoms with Crippen molar-refractivity contribution in [2.45, 2.75) is 97.3 Å². The largest absolute Gasteiger partial charge is 0.494 e. The first-order chi connectivity index (χ1) is 18.1. The van der Waals surface area contributed by atoms with Crippen molar-refractivity contribution in [1.82, 2.24) is 0 Å². The van der Waals surface area contributed by atoms with Gasteiger partial charge in [-0.3, -0.25) is 0 Å². The Labute approximate surface area is 223 Å². The van der Waals surface area contributed by atoms with Crippen LogP contribution in [0, 0.1) is 11.6 Å². The summed E-state index contributed by atoms with van der Waals surface area (Å²) in [5.41, 5.74) is 3.16. The maximum atomic E-state index is 15.1. The van der Waals surface area contributed by atoms with E-state index in [1.165, 1.54) is 76.2 Å². The molecule has 0 bridgehead atoms. The zero-order chi connectivity index (χ0) is 26.3. The summed E-state index contributed by atoms with van der Waals surface area (Å²) in [6.45, 7) is 5.13. The van der Waals surface area contributed by atoms with Gasteiger partial charge in [0.15, 0.2) is 11.6 Å². The first-order valence-electron chi connectivity index (χ1n) is 14.4. The lowest BCUT2D eigenvalue weighted by atomic mass is 9.97. The summed E-state index contributed by atoms with van der Waals surface area (Å²) < 4.78 is 36.0. The molecule has 3 heteroatoms. The third kappa shape index (κ3) is 9.29. The van der Waals surface area contributed by atoms with Gasteiger partial charge in [-0.1, -0.05) is 127 Å². The lowest BCUT2D eigenvalue weighted by molar-refractivity contribution is 0.304. The first-order valence-corrected chi connectivity index (χ1v) is 14.4. The van der Waals surface area contributed by atoms with Crippen LogP contribution in [0.4, 0.5) is 8.78 Å². The third-order valence-corrected chi connectivity index (χ3v) is 7.10. The number of benzene rings is 3. The van der Waals surface area contributed by atoms with Gasteiger partial charge in [-0.05, 0) is 48.1 Å². The predicted molar refractivity (Wildman–Crippen MR) is 153 cm³/mol. The fourth-order valence-electron chi connectivity index (χ4n) is 4.76. The molecule has 0 saturated carbocycles. The molecule has 0 aliphatic heterocycles. The van der Waals surface area contributed by atoms with Crippen molar-refractivity contribution in [3.05, 3.63) is 77.9 Å². The molecule has 0 aromatic heterocycles. The first kappa shape index (κ1) is 28.9. The molecule has 0 spiro atoms. The summed E-state index contributed by atoms with van der Waals surface area (Å²) in [6, 6.07) is 18.5. The molecular formula is C34H44F2O. The molecule has 37 heavy (non-hydrogen) atoms. The normalized spacial score (nSPS) is 11.1. The molecule has 1 nitrogen and oxygen atoms in total. The highest BCUT2D eigenvalue weighted by molar-refractivity contribution is 5.72. The Hall–Kier alpha value is -2.68. The number of rotatable bonds is 17. The Bertz CT molecular complexity index is 1040. The van der Waals surface area contributed by atoms with Crippen LogP contribution in [0.3, 0.4) is 0 Å². The second kappa shape index (κ2) is 16.2. The highest BCUT2D eigenvalue weighted by Gasteiger charge is 2.16. The minimum Gasteiger partial charge on any atom is -0.494 e. The molecule has 3 aromatic rings. The number of hydrogen-bond donors (Lipinski definition) is 0. The molecule has 0 aliphatic rings. The SMILES string of the molecule is CCCCCCCCOc1ccc(-c2ccc(-c3ccc(CCCCCCCC)cc3)c(F)c2F)cc1. The summed E-state index contributed by atoms with van der Waals surface area (Å²) in [7, 11) is 0. The van der Waals surface area contributed by atoms with Gasteiger partial charge in [-0.15, -0.1) is 0 Å². The molecule has 0 heterocycles. The van der Waals surface area contributed by atoms with E-state index < -0.39 is 11.6 Å². The smallest absolute Gasteiger partial charge is 0.167 e. The Morgan fingerprint density at radius 3 is 1.51 bits per heavy atom. The molecule has 0 amide bonds. The van der Waals surface area contributed by atoms with Crippen molar-refractivity contribution < 1.29 is 13.5 Å². The highest BCUT2D eigenvalue weighted by Crippen LogP contribution is 2.32. The zero-order valence-corrected chi connectivity index (χ0v) is 22.8. The van der Waals surface area contributed by atoms with Gasteiger partial charge in [0.25, 0.3) is 0 Å². The highest BCUT2D eigenvalue weighted by atomic mass is 19.2. The van der Waals surface area contributed by atoms with E-state index in [1.54, 1.807) is 24.3 Å². The van der Waals surface area contributed by atoms with E-state index in [-0.39, 0.29) is 5.56 Å². The van der Waals surface area contributed by atoms with Gasteiger partial charge >= 0.3 is 0 Å². The second-order valence-electron chi connectivity index (χ2n) is 10.1. The van der Waals surface area contributed by atoms with E-state index in [0.29, 0.717) is 23.3 Å². The Morgan fingerprint density at radius 2 is 0.973 bits per heavy atom. The lowest BCUT2D eigenvalue weighted by Crippen LogP contribution is -1.98. The molecule has 0 atom stereocenters. The summed E-state index contributed by atoms with van der Waals surface area (Å²) in [5, 5.41) is 0. The molecule has 3 rings (SSSR count). The monoisotopic (exact) mass is 506 g/mol. The Morgan fingerprint density at radius 1 is 0.514 bits per heavy atom. The number of unbranched alkanes of at least 4 members (excludes halogenated alkanes) is 10. The van der Waals surface area contributed by atoms with Crippen molar-refractivity contribution in [2.24, 2.45) is 0 Å². The molecule has 3 aromatic carbocycles. The van der Waals surface area contributed by atoms with Crippen LogP contribution in [0.25, 0.3) is 22.3 Å². The number of aryl methyl sites for hydroxylation is 1. The van der Waals surface area contributed by atoms with Crippen LogP contribution < -0.4 is 4.74 Å². The van der Waals surface area contributed by atoms with E-state index in [4.69, 9.17) is 4.74 Å². The van der Waals surface area contributed by atoms with Crippen LogP contribution in [-0.2, 0) is 6.42 Å². The topological polar surface area (TPSA) is 9.23 Å². The molecule has 0 saturated heterocycles. The minimum absolute atomic E-state index is 0.267. The molecule has 0 aliphatic carbocycles. The molecular weight excluding hydrogens is 462 g/mol. The summed E-state index contributed by atoms with van der Waals surface area (Å²) in [5.74, 6) is -0.852. The van der Waals surface area contributed by atoms with Gasteiger partial charge in [0.1, 0.15) is 5.75 Å². The van der Waals surface area contributed by atoms with E-state index in [0.717, 1.165) is 18.6 Å². The lowest BCUT2D eigenvalue weighted by Gasteiger charge is -2.11. The van der Waals surface area contributed by atoms with Crippen LogP contribution in [0.5, 0.6) is 5.75 Å². The Kier molecular flexibility index (Phi) is 12.7. The van der Waals surface area contributed by atoms with Crippen LogP contribution in [0.1, 0.15) is 96.5 Å². The summed E-state index contributed by atoms with van der Waals surface area (Å²) in [4.78, 5) is 0. The number of halogens is 2. The third-order valence-electron chi connectivity index (χ3n) is 7.10. The van der Waals surface area contributed by atoms with E-state index in [9.17, 15) is 0 Å². The maximum absolute atomic E-state index is 15.1. The van der Waals surface area contributed by atoms with Crippen LogP contribution in [0.15, 0.2) is 60.7 Å². The quantitative estimate of drug-likeness (QED) is 0.165. The van der Waals surface area contributed by atoms with E-state index in [2.05, 4.69) is 13.8 Å². The van der Waals surface area contributed by atoms with Crippen LogP contribution in [-0.4, -0.2) is 6.61 Å². The fourth-order valence-corrected chi connectivity index (χ4v) is 4.76. The average Bonchev–Trinajstić information content (AvgIpc) is 2.92. The van der Waals surface area contributed by atoms with Gasteiger partial charge < -0.3 is 4.74 Å².